The second-order valence-electron chi connectivity index (χ2n) is 4.39. The molecule has 2 rings (SSSR count). The van der Waals surface area contributed by atoms with Gasteiger partial charge in [0, 0.05) is 31.7 Å². The standard InChI is InChI=1S/C13H18N4O2/c1-9-8-15-6-5-10(9)12-16-13(19-17-12)11(14)4-3-7-18-2/h5-6,8,11H,3-4,7,14H2,1-2H3. The molecule has 0 radical (unpaired) electrons. The molecule has 102 valence electrons. The SMILES string of the molecule is COCCCC(N)c1nc(-c2ccncc2C)no1. The molecule has 1 unspecified atom stereocenters. The first-order valence-corrected chi connectivity index (χ1v) is 6.21. The molecule has 0 spiro atoms. The van der Waals surface area contributed by atoms with Crippen molar-refractivity contribution in [2.75, 3.05) is 13.7 Å². The zero-order chi connectivity index (χ0) is 13.7. The summed E-state index contributed by atoms with van der Waals surface area (Å²) >= 11 is 0. The minimum absolute atomic E-state index is 0.251. The summed E-state index contributed by atoms with van der Waals surface area (Å²) in [7, 11) is 1.67. The Morgan fingerprint density at radius 1 is 1.47 bits per heavy atom. The van der Waals surface area contributed by atoms with Crippen LogP contribution in [0.25, 0.3) is 11.4 Å². The molecule has 0 fully saturated rings. The highest BCUT2D eigenvalue weighted by atomic mass is 16.5. The number of hydrogen-bond donors (Lipinski definition) is 1. The molecule has 6 heteroatoms. The van der Waals surface area contributed by atoms with Crippen molar-refractivity contribution in [3.63, 3.8) is 0 Å². The number of aryl methyl sites for hydroxylation is 1. The summed E-state index contributed by atoms with van der Waals surface area (Å²) in [5.41, 5.74) is 7.91. The number of pyridine rings is 1. The maximum absolute atomic E-state index is 6.00. The number of rotatable bonds is 6. The summed E-state index contributed by atoms with van der Waals surface area (Å²) < 4.78 is 10.2. The number of methoxy groups -OCH3 is 1. The van der Waals surface area contributed by atoms with Crippen LogP contribution in [0.4, 0.5) is 0 Å². The van der Waals surface area contributed by atoms with Gasteiger partial charge in [-0.25, -0.2) is 0 Å². The Bertz CT molecular complexity index is 527. The topological polar surface area (TPSA) is 87.1 Å². The number of hydrogen-bond acceptors (Lipinski definition) is 6. The lowest BCUT2D eigenvalue weighted by Crippen LogP contribution is -2.11. The van der Waals surface area contributed by atoms with Crippen LogP contribution >= 0.6 is 0 Å². The number of nitrogens with zero attached hydrogens (tertiary/aromatic N) is 3. The smallest absolute Gasteiger partial charge is 0.243 e. The van der Waals surface area contributed by atoms with Crippen molar-refractivity contribution in [1.82, 2.24) is 15.1 Å². The van der Waals surface area contributed by atoms with E-state index in [1.807, 2.05) is 13.0 Å². The summed E-state index contributed by atoms with van der Waals surface area (Å²) in [4.78, 5) is 8.39. The van der Waals surface area contributed by atoms with E-state index in [0.29, 0.717) is 18.3 Å². The maximum Gasteiger partial charge on any atom is 0.243 e. The summed E-state index contributed by atoms with van der Waals surface area (Å²) in [6.45, 7) is 2.63. The third-order valence-electron chi connectivity index (χ3n) is 2.88. The average Bonchev–Trinajstić information content (AvgIpc) is 2.89. The Morgan fingerprint density at radius 3 is 3.05 bits per heavy atom. The monoisotopic (exact) mass is 262 g/mol. The van der Waals surface area contributed by atoms with Gasteiger partial charge < -0.3 is 15.0 Å². The van der Waals surface area contributed by atoms with E-state index in [2.05, 4.69) is 15.1 Å². The fourth-order valence-electron chi connectivity index (χ4n) is 1.79. The normalized spacial score (nSPS) is 12.6. The van der Waals surface area contributed by atoms with Gasteiger partial charge in [0.25, 0.3) is 0 Å². The lowest BCUT2D eigenvalue weighted by molar-refractivity contribution is 0.188. The first kappa shape index (κ1) is 13.6. The third-order valence-corrected chi connectivity index (χ3v) is 2.88. The van der Waals surface area contributed by atoms with E-state index in [4.69, 9.17) is 15.0 Å². The van der Waals surface area contributed by atoms with Crippen LogP contribution in [0, 0.1) is 6.92 Å². The molecule has 0 aliphatic heterocycles. The Labute approximate surface area is 112 Å². The molecule has 0 amide bonds. The van der Waals surface area contributed by atoms with Crippen LogP contribution < -0.4 is 5.73 Å². The average molecular weight is 262 g/mol. The van der Waals surface area contributed by atoms with Crippen LogP contribution in [0.15, 0.2) is 23.0 Å². The molecular weight excluding hydrogens is 244 g/mol. The molecule has 2 heterocycles. The second kappa shape index (κ2) is 6.40. The Morgan fingerprint density at radius 2 is 2.32 bits per heavy atom. The van der Waals surface area contributed by atoms with Gasteiger partial charge in [-0.15, -0.1) is 0 Å². The molecule has 1 atom stereocenters. The van der Waals surface area contributed by atoms with Gasteiger partial charge in [0.05, 0.1) is 6.04 Å². The van der Waals surface area contributed by atoms with Gasteiger partial charge in [-0.1, -0.05) is 5.16 Å². The van der Waals surface area contributed by atoms with E-state index in [9.17, 15) is 0 Å². The van der Waals surface area contributed by atoms with E-state index >= 15 is 0 Å². The number of aromatic nitrogens is 3. The fourth-order valence-corrected chi connectivity index (χ4v) is 1.79. The summed E-state index contributed by atoms with van der Waals surface area (Å²) in [5.74, 6) is 1.01. The number of nitrogens with two attached hydrogens (primary N) is 1. The van der Waals surface area contributed by atoms with Crippen molar-refractivity contribution < 1.29 is 9.26 Å². The molecule has 0 saturated heterocycles. The van der Waals surface area contributed by atoms with E-state index in [0.717, 1.165) is 24.0 Å². The van der Waals surface area contributed by atoms with Gasteiger partial charge in [-0.05, 0) is 31.4 Å². The lowest BCUT2D eigenvalue weighted by atomic mass is 10.1. The highest BCUT2D eigenvalue weighted by molar-refractivity contribution is 5.57. The van der Waals surface area contributed by atoms with Crippen LogP contribution in [0.5, 0.6) is 0 Å². The molecule has 0 aromatic carbocycles. The van der Waals surface area contributed by atoms with Gasteiger partial charge in [-0.2, -0.15) is 4.98 Å². The quantitative estimate of drug-likeness (QED) is 0.799. The molecule has 2 aromatic rings. The molecule has 6 nitrogen and oxygen atoms in total. The highest BCUT2D eigenvalue weighted by Crippen LogP contribution is 2.21. The molecular formula is C13H18N4O2. The molecule has 2 aromatic heterocycles. The maximum atomic E-state index is 6.00. The molecule has 0 aliphatic rings. The zero-order valence-electron chi connectivity index (χ0n) is 11.2. The van der Waals surface area contributed by atoms with E-state index < -0.39 is 0 Å². The predicted octanol–water partition coefficient (Wildman–Crippen LogP) is 1.87. The van der Waals surface area contributed by atoms with Crippen molar-refractivity contribution in [3.8, 4) is 11.4 Å². The van der Waals surface area contributed by atoms with Crippen LogP contribution in [0.1, 0.15) is 30.3 Å². The minimum atomic E-state index is -0.251. The number of ether oxygens (including phenoxy) is 1. The minimum Gasteiger partial charge on any atom is -0.385 e. The Hall–Kier alpha value is -1.79. The van der Waals surface area contributed by atoms with Gasteiger partial charge in [0.2, 0.25) is 11.7 Å². The van der Waals surface area contributed by atoms with Gasteiger partial charge in [0.1, 0.15) is 0 Å². The molecule has 19 heavy (non-hydrogen) atoms. The van der Waals surface area contributed by atoms with Crippen molar-refractivity contribution in [2.45, 2.75) is 25.8 Å². The Kier molecular flexibility index (Phi) is 4.59. The predicted molar refractivity (Wildman–Crippen MR) is 70.3 cm³/mol. The largest absolute Gasteiger partial charge is 0.385 e. The van der Waals surface area contributed by atoms with Crippen LogP contribution in [-0.4, -0.2) is 28.8 Å². The first-order chi connectivity index (χ1) is 9.22. The van der Waals surface area contributed by atoms with E-state index in [1.54, 1.807) is 19.5 Å². The second-order valence-corrected chi connectivity index (χ2v) is 4.39. The van der Waals surface area contributed by atoms with Crippen LogP contribution in [0.2, 0.25) is 0 Å². The third kappa shape index (κ3) is 3.36. The molecule has 0 aliphatic carbocycles. The van der Waals surface area contributed by atoms with Crippen LogP contribution in [0.3, 0.4) is 0 Å². The van der Waals surface area contributed by atoms with E-state index in [1.165, 1.54) is 0 Å². The summed E-state index contributed by atoms with van der Waals surface area (Å²) in [5, 5.41) is 3.97. The van der Waals surface area contributed by atoms with Gasteiger partial charge in [-0.3, -0.25) is 4.98 Å². The van der Waals surface area contributed by atoms with Crippen molar-refractivity contribution in [3.05, 3.63) is 29.9 Å². The zero-order valence-corrected chi connectivity index (χ0v) is 11.2. The first-order valence-electron chi connectivity index (χ1n) is 6.21. The molecule has 0 bridgehead atoms. The Balaban J connectivity index is 2.09. The lowest BCUT2D eigenvalue weighted by Gasteiger charge is -2.05. The van der Waals surface area contributed by atoms with Crippen LogP contribution in [-0.2, 0) is 4.74 Å². The van der Waals surface area contributed by atoms with Gasteiger partial charge >= 0.3 is 0 Å². The highest BCUT2D eigenvalue weighted by Gasteiger charge is 2.16. The fraction of sp³-hybridized carbons (Fsp3) is 0.462. The van der Waals surface area contributed by atoms with E-state index in [-0.39, 0.29) is 6.04 Å². The molecule has 2 N–H and O–H groups in total. The summed E-state index contributed by atoms with van der Waals surface area (Å²) in [6, 6.07) is 1.61. The van der Waals surface area contributed by atoms with Crippen molar-refractivity contribution >= 4 is 0 Å². The van der Waals surface area contributed by atoms with Crippen molar-refractivity contribution in [1.29, 1.82) is 0 Å². The van der Waals surface area contributed by atoms with Crippen molar-refractivity contribution in [2.24, 2.45) is 5.73 Å². The summed E-state index contributed by atoms with van der Waals surface area (Å²) in [6.07, 6.45) is 5.09. The van der Waals surface area contributed by atoms with Gasteiger partial charge in [0.15, 0.2) is 0 Å². The molecule has 0 saturated carbocycles.